The molecule has 260 valence electrons. The van der Waals surface area contributed by atoms with Crippen molar-refractivity contribution in [2.75, 3.05) is 4.90 Å². The van der Waals surface area contributed by atoms with Gasteiger partial charge in [-0.3, -0.25) is 0 Å². The number of rotatable bonds is 5. The Morgan fingerprint density at radius 1 is 0.444 bits per heavy atom. The van der Waals surface area contributed by atoms with Gasteiger partial charge in [0.2, 0.25) is 0 Å². The van der Waals surface area contributed by atoms with Crippen LogP contribution in [0.2, 0.25) is 0 Å². The van der Waals surface area contributed by atoms with E-state index in [0.29, 0.717) is 0 Å². The van der Waals surface area contributed by atoms with E-state index in [1.807, 2.05) is 6.07 Å². The first-order chi connectivity index (χ1) is 26.3. The molecule has 0 spiro atoms. The number of nitrogens with zero attached hydrogens (tertiary/aromatic N) is 1. The Hall–Kier alpha value is -6.38. The standard InChI is InChI=1S/C52H41NO/c1-32-14-12-15-33(2)50(32)45-29-36(40-21-13-17-35-16-6-7-18-39(35)40)28-34(3)51(45)53(38-25-27-44-43-20-9-11-23-48(43)54-49(44)31-38)37-24-26-42-41-19-8-10-22-46(41)52(4,5)47(42)30-37/h6-31H,1-5H3. The van der Waals surface area contributed by atoms with Crippen LogP contribution in [0.15, 0.2) is 162 Å². The van der Waals surface area contributed by atoms with Crippen molar-refractivity contribution in [3.8, 4) is 33.4 Å². The largest absolute Gasteiger partial charge is 0.456 e. The lowest BCUT2D eigenvalue weighted by Gasteiger charge is -2.32. The normalized spacial score (nSPS) is 13.1. The second-order valence-electron chi connectivity index (χ2n) is 15.5. The summed E-state index contributed by atoms with van der Waals surface area (Å²) in [6.07, 6.45) is 0. The van der Waals surface area contributed by atoms with E-state index in [0.717, 1.165) is 33.3 Å². The average molecular weight is 696 g/mol. The molecule has 1 aromatic heterocycles. The maximum absolute atomic E-state index is 6.54. The number of anilines is 3. The predicted molar refractivity (Wildman–Crippen MR) is 229 cm³/mol. The molecule has 8 aromatic carbocycles. The number of para-hydroxylation sites is 1. The van der Waals surface area contributed by atoms with Crippen molar-refractivity contribution in [2.45, 2.75) is 40.0 Å². The smallest absolute Gasteiger partial charge is 0.137 e. The van der Waals surface area contributed by atoms with Gasteiger partial charge in [-0.05, 0) is 130 Å². The highest BCUT2D eigenvalue weighted by atomic mass is 16.3. The molecule has 0 amide bonds. The lowest BCUT2D eigenvalue weighted by atomic mass is 9.82. The summed E-state index contributed by atoms with van der Waals surface area (Å²) in [5.74, 6) is 0. The molecule has 0 atom stereocenters. The lowest BCUT2D eigenvalue weighted by Crippen LogP contribution is -2.17. The number of benzene rings is 8. The molecule has 54 heavy (non-hydrogen) atoms. The molecular formula is C52H41NO. The van der Waals surface area contributed by atoms with Crippen molar-refractivity contribution in [1.29, 1.82) is 0 Å². The Labute approximate surface area is 316 Å². The van der Waals surface area contributed by atoms with Gasteiger partial charge < -0.3 is 9.32 Å². The zero-order chi connectivity index (χ0) is 36.7. The summed E-state index contributed by atoms with van der Waals surface area (Å²) in [7, 11) is 0. The van der Waals surface area contributed by atoms with Crippen molar-refractivity contribution in [3.63, 3.8) is 0 Å². The zero-order valence-electron chi connectivity index (χ0n) is 31.4. The van der Waals surface area contributed by atoms with Crippen LogP contribution >= 0.6 is 0 Å². The van der Waals surface area contributed by atoms with Crippen LogP contribution in [0.1, 0.15) is 41.7 Å². The van der Waals surface area contributed by atoms with Crippen LogP contribution in [-0.4, -0.2) is 0 Å². The third-order valence-corrected chi connectivity index (χ3v) is 11.8. The molecule has 9 aromatic rings. The van der Waals surface area contributed by atoms with Gasteiger partial charge in [0.15, 0.2) is 0 Å². The van der Waals surface area contributed by atoms with Crippen LogP contribution in [0, 0.1) is 20.8 Å². The molecule has 0 fully saturated rings. The van der Waals surface area contributed by atoms with Gasteiger partial charge in [-0.1, -0.05) is 123 Å². The topological polar surface area (TPSA) is 16.4 Å². The van der Waals surface area contributed by atoms with E-state index in [2.05, 4.69) is 191 Å². The minimum absolute atomic E-state index is 0.140. The van der Waals surface area contributed by atoms with Gasteiger partial charge in [-0.15, -0.1) is 0 Å². The van der Waals surface area contributed by atoms with E-state index >= 15 is 0 Å². The maximum Gasteiger partial charge on any atom is 0.137 e. The first-order valence-corrected chi connectivity index (χ1v) is 18.9. The van der Waals surface area contributed by atoms with Gasteiger partial charge in [0.05, 0.1) is 5.69 Å². The van der Waals surface area contributed by atoms with E-state index in [1.165, 1.54) is 77.7 Å². The second kappa shape index (κ2) is 12.1. The SMILES string of the molecule is Cc1cccc(C)c1-c1cc(-c2cccc3ccccc23)cc(C)c1N(c1ccc2c(c1)C(C)(C)c1ccccc1-2)c1ccc2c(c1)oc1ccccc12. The molecule has 1 aliphatic rings. The zero-order valence-corrected chi connectivity index (χ0v) is 31.4. The number of aryl methyl sites for hydroxylation is 3. The van der Waals surface area contributed by atoms with E-state index in [1.54, 1.807) is 0 Å². The fraction of sp³-hybridized carbons (Fsp3) is 0.115. The van der Waals surface area contributed by atoms with Gasteiger partial charge in [0.1, 0.15) is 11.2 Å². The van der Waals surface area contributed by atoms with Crippen LogP contribution in [0.5, 0.6) is 0 Å². The van der Waals surface area contributed by atoms with Crippen LogP contribution in [0.3, 0.4) is 0 Å². The predicted octanol–water partition coefficient (Wildman–Crippen LogP) is 14.8. The van der Waals surface area contributed by atoms with Crippen LogP contribution in [0.4, 0.5) is 17.1 Å². The molecule has 2 nitrogen and oxygen atoms in total. The average Bonchev–Trinajstić information content (AvgIpc) is 3.67. The molecule has 0 N–H and O–H groups in total. The number of fused-ring (bicyclic) bond motifs is 7. The molecule has 0 radical (unpaired) electrons. The first-order valence-electron chi connectivity index (χ1n) is 18.9. The third kappa shape index (κ3) is 4.87. The van der Waals surface area contributed by atoms with Gasteiger partial charge >= 0.3 is 0 Å². The van der Waals surface area contributed by atoms with Gasteiger partial charge in [-0.25, -0.2) is 0 Å². The first kappa shape index (κ1) is 32.3. The van der Waals surface area contributed by atoms with Crippen LogP contribution < -0.4 is 4.90 Å². The van der Waals surface area contributed by atoms with E-state index in [-0.39, 0.29) is 5.41 Å². The molecular weight excluding hydrogens is 655 g/mol. The molecule has 1 aliphatic carbocycles. The lowest BCUT2D eigenvalue weighted by molar-refractivity contribution is 0.660. The van der Waals surface area contributed by atoms with Crippen molar-refractivity contribution in [3.05, 3.63) is 186 Å². The quantitative estimate of drug-likeness (QED) is 0.178. The number of hydrogen-bond donors (Lipinski definition) is 0. The van der Waals surface area contributed by atoms with Gasteiger partial charge in [0, 0.05) is 39.2 Å². The Morgan fingerprint density at radius 2 is 1.07 bits per heavy atom. The summed E-state index contributed by atoms with van der Waals surface area (Å²) in [5, 5.41) is 4.76. The highest BCUT2D eigenvalue weighted by molar-refractivity contribution is 6.07. The highest BCUT2D eigenvalue weighted by Crippen LogP contribution is 2.53. The Bertz CT molecular complexity index is 2930. The molecule has 1 heterocycles. The van der Waals surface area contributed by atoms with E-state index in [9.17, 15) is 0 Å². The van der Waals surface area contributed by atoms with Crippen LogP contribution in [-0.2, 0) is 5.41 Å². The maximum atomic E-state index is 6.54. The molecule has 0 unspecified atom stereocenters. The van der Waals surface area contributed by atoms with E-state index < -0.39 is 0 Å². The highest BCUT2D eigenvalue weighted by Gasteiger charge is 2.36. The fourth-order valence-corrected chi connectivity index (χ4v) is 9.23. The molecule has 0 saturated heterocycles. The molecule has 0 saturated carbocycles. The summed E-state index contributed by atoms with van der Waals surface area (Å²) >= 11 is 0. The summed E-state index contributed by atoms with van der Waals surface area (Å²) in [6, 6.07) is 57.8. The summed E-state index contributed by atoms with van der Waals surface area (Å²) in [4.78, 5) is 2.48. The molecule has 0 bridgehead atoms. The Morgan fingerprint density at radius 3 is 1.93 bits per heavy atom. The van der Waals surface area contributed by atoms with Crippen molar-refractivity contribution < 1.29 is 4.42 Å². The summed E-state index contributed by atoms with van der Waals surface area (Å²) in [6.45, 7) is 11.5. The third-order valence-electron chi connectivity index (χ3n) is 11.8. The van der Waals surface area contributed by atoms with Crippen LogP contribution in [0.25, 0.3) is 66.1 Å². The summed E-state index contributed by atoms with van der Waals surface area (Å²) in [5.41, 5.74) is 19.0. The number of furan rings is 1. The molecule has 2 heteroatoms. The van der Waals surface area contributed by atoms with Crippen molar-refractivity contribution >= 4 is 49.8 Å². The van der Waals surface area contributed by atoms with Gasteiger partial charge in [-0.2, -0.15) is 0 Å². The molecule has 0 aliphatic heterocycles. The minimum atomic E-state index is -0.140. The fourth-order valence-electron chi connectivity index (χ4n) is 9.23. The summed E-state index contributed by atoms with van der Waals surface area (Å²) < 4.78 is 6.54. The monoisotopic (exact) mass is 695 g/mol. The van der Waals surface area contributed by atoms with E-state index in [4.69, 9.17) is 4.42 Å². The second-order valence-corrected chi connectivity index (χ2v) is 15.5. The van der Waals surface area contributed by atoms with Crippen molar-refractivity contribution in [1.82, 2.24) is 0 Å². The minimum Gasteiger partial charge on any atom is -0.456 e. The Kier molecular flexibility index (Phi) is 7.22. The molecule has 10 rings (SSSR count). The van der Waals surface area contributed by atoms with Crippen molar-refractivity contribution in [2.24, 2.45) is 0 Å². The Balaban J connectivity index is 1.28. The van der Waals surface area contributed by atoms with Gasteiger partial charge in [0.25, 0.3) is 0 Å². The number of hydrogen-bond acceptors (Lipinski definition) is 2.